The largest absolute Gasteiger partial charge is 0.382 e. The molecule has 0 saturated carbocycles. The van der Waals surface area contributed by atoms with Crippen LogP contribution in [0.3, 0.4) is 0 Å². The second-order valence-corrected chi connectivity index (χ2v) is 3.97. The quantitative estimate of drug-likeness (QED) is 0.606. The molecule has 1 aliphatic heterocycles. The maximum Gasteiger partial charge on any atom is 0.0700 e. The molecule has 0 aromatic rings. The van der Waals surface area contributed by atoms with Gasteiger partial charge in [-0.2, -0.15) is 0 Å². The summed E-state index contributed by atoms with van der Waals surface area (Å²) in [5, 5.41) is 0. The normalized spacial score (nSPS) is 24.0. The van der Waals surface area contributed by atoms with Gasteiger partial charge in [0.15, 0.2) is 0 Å². The van der Waals surface area contributed by atoms with Crippen molar-refractivity contribution in [1.82, 2.24) is 4.90 Å². The molecule has 3 nitrogen and oxygen atoms in total. The molecular weight excluding hydrogens is 178 g/mol. The molecule has 0 spiro atoms. The summed E-state index contributed by atoms with van der Waals surface area (Å²) in [6.45, 7) is 8.24. The van der Waals surface area contributed by atoms with Gasteiger partial charge < -0.3 is 14.4 Å². The first kappa shape index (κ1) is 12.0. The maximum absolute atomic E-state index is 5.55. The van der Waals surface area contributed by atoms with Gasteiger partial charge in [0.05, 0.1) is 19.8 Å². The summed E-state index contributed by atoms with van der Waals surface area (Å²) in [4.78, 5) is 2.51. The lowest BCUT2D eigenvalue weighted by molar-refractivity contribution is 0.0318. The molecule has 0 aliphatic carbocycles. The van der Waals surface area contributed by atoms with Gasteiger partial charge in [-0.3, -0.25) is 0 Å². The molecule has 0 aromatic heterocycles. The molecule has 3 heteroatoms. The summed E-state index contributed by atoms with van der Waals surface area (Å²) in [6, 6.07) is 0. The summed E-state index contributed by atoms with van der Waals surface area (Å²) in [5.74, 6) is 0.737. The predicted molar refractivity (Wildman–Crippen MR) is 57.5 cm³/mol. The Morgan fingerprint density at radius 1 is 1.36 bits per heavy atom. The molecule has 0 unspecified atom stereocenters. The topological polar surface area (TPSA) is 21.7 Å². The molecule has 0 N–H and O–H groups in total. The van der Waals surface area contributed by atoms with E-state index in [0.717, 1.165) is 19.1 Å². The van der Waals surface area contributed by atoms with Gasteiger partial charge in [-0.05, 0) is 31.8 Å². The SMILES string of the molecule is CCN1CCC[C@@H](COCCOC)C1. The van der Waals surface area contributed by atoms with Crippen molar-refractivity contribution in [3.05, 3.63) is 0 Å². The fourth-order valence-electron chi connectivity index (χ4n) is 1.97. The van der Waals surface area contributed by atoms with Crippen molar-refractivity contribution in [2.75, 3.05) is 46.6 Å². The second kappa shape index (κ2) is 7.21. The molecule has 0 bridgehead atoms. The number of hydrogen-bond acceptors (Lipinski definition) is 3. The van der Waals surface area contributed by atoms with Gasteiger partial charge in [0.25, 0.3) is 0 Å². The van der Waals surface area contributed by atoms with Crippen LogP contribution in [-0.4, -0.2) is 51.5 Å². The van der Waals surface area contributed by atoms with Crippen LogP contribution in [0.4, 0.5) is 0 Å². The van der Waals surface area contributed by atoms with E-state index in [1.54, 1.807) is 7.11 Å². The molecule has 0 amide bonds. The van der Waals surface area contributed by atoms with Crippen molar-refractivity contribution in [1.29, 1.82) is 0 Å². The summed E-state index contributed by atoms with van der Waals surface area (Å²) in [7, 11) is 1.71. The van der Waals surface area contributed by atoms with E-state index in [2.05, 4.69) is 11.8 Å². The van der Waals surface area contributed by atoms with E-state index in [0.29, 0.717) is 6.61 Å². The van der Waals surface area contributed by atoms with E-state index in [-0.39, 0.29) is 0 Å². The summed E-state index contributed by atoms with van der Waals surface area (Å²) < 4.78 is 10.5. The standard InChI is InChI=1S/C11H23NO2/c1-3-12-6-4-5-11(9-12)10-14-8-7-13-2/h11H,3-10H2,1-2H3/t11-/m1/s1. The molecule has 0 aromatic carbocycles. The zero-order valence-corrected chi connectivity index (χ0v) is 9.50. The first-order chi connectivity index (χ1) is 6.86. The molecule has 1 atom stereocenters. The van der Waals surface area contributed by atoms with Crippen LogP contribution in [0.25, 0.3) is 0 Å². The molecule has 1 heterocycles. The van der Waals surface area contributed by atoms with Crippen LogP contribution in [0.5, 0.6) is 0 Å². The number of likely N-dealkylation sites (tertiary alicyclic amines) is 1. The Kier molecular flexibility index (Phi) is 6.15. The molecule has 1 aliphatic rings. The molecular formula is C11H23NO2. The van der Waals surface area contributed by atoms with Crippen molar-refractivity contribution in [2.45, 2.75) is 19.8 Å². The van der Waals surface area contributed by atoms with Crippen molar-refractivity contribution >= 4 is 0 Å². The molecule has 1 saturated heterocycles. The van der Waals surface area contributed by atoms with Crippen molar-refractivity contribution in [3.63, 3.8) is 0 Å². The lowest BCUT2D eigenvalue weighted by atomic mass is 9.99. The third-order valence-electron chi connectivity index (χ3n) is 2.84. The highest BCUT2D eigenvalue weighted by molar-refractivity contribution is 4.71. The Morgan fingerprint density at radius 3 is 2.93 bits per heavy atom. The lowest BCUT2D eigenvalue weighted by Gasteiger charge is -2.31. The van der Waals surface area contributed by atoms with E-state index >= 15 is 0 Å². The smallest absolute Gasteiger partial charge is 0.0700 e. The predicted octanol–water partition coefficient (Wildman–Crippen LogP) is 1.38. The highest BCUT2D eigenvalue weighted by Crippen LogP contribution is 2.16. The monoisotopic (exact) mass is 201 g/mol. The fraction of sp³-hybridized carbons (Fsp3) is 1.00. The highest BCUT2D eigenvalue weighted by atomic mass is 16.5. The van der Waals surface area contributed by atoms with Crippen molar-refractivity contribution in [3.8, 4) is 0 Å². The number of piperidine rings is 1. The fourth-order valence-corrected chi connectivity index (χ4v) is 1.97. The van der Waals surface area contributed by atoms with Gasteiger partial charge in [-0.15, -0.1) is 0 Å². The Morgan fingerprint density at radius 2 is 2.21 bits per heavy atom. The summed E-state index contributed by atoms with van der Waals surface area (Å²) in [6.07, 6.45) is 2.65. The zero-order valence-electron chi connectivity index (χ0n) is 9.50. The number of nitrogens with zero attached hydrogens (tertiary/aromatic N) is 1. The Bertz CT molecular complexity index is 141. The summed E-state index contributed by atoms with van der Waals surface area (Å²) in [5.41, 5.74) is 0. The first-order valence-corrected chi connectivity index (χ1v) is 5.65. The van der Waals surface area contributed by atoms with Gasteiger partial charge in [0.2, 0.25) is 0 Å². The molecule has 1 rings (SSSR count). The number of hydrogen-bond donors (Lipinski definition) is 0. The van der Waals surface area contributed by atoms with Gasteiger partial charge in [-0.25, -0.2) is 0 Å². The maximum atomic E-state index is 5.55. The van der Waals surface area contributed by atoms with Gasteiger partial charge in [0.1, 0.15) is 0 Å². The highest BCUT2D eigenvalue weighted by Gasteiger charge is 2.18. The van der Waals surface area contributed by atoms with Crippen LogP contribution >= 0.6 is 0 Å². The lowest BCUT2D eigenvalue weighted by Crippen LogP contribution is -2.37. The minimum atomic E-state index is 0.713. The third kappa shape index (κ3) is 4.40. The average molecular weight is 201 g/mol. The molecule has 1 fully saturated rings. The van der Waals surface area contributed by atoms with Crippen LogP contribution in [0.15, 0.2) is 0 Å². The Balaban J connectivity index is 2.05. The molecule has 0 radical (unpaired) electrons. The average Bonchev–Trinajstić information content (AvgIpc) is 2.25. The van der Waals surface area contributed by atoms with Crippen molar-refractivity contribution in [2.24, 2.45) is 5.92 Å². The number of ether oxygens (including phenoxy) is 2. The Labute approximate surface area is 87.4 Å². The Hall–Kier alpha value is -0.120. The van der Waals surface area contributed by atoms with Crippen LogP contribution in [-0.2, 0) is 9.47 Å². The van der Waals surface area contributed by atoms with E-state index < -0.39 is 0 Å². The van der Waals surface area contributed by atoms with Crippen molar-refractivity contribution < 1.29 is 9.47 Å². The first-order valence-electron chi connectivity index (χ1n) is 5.65. The summed E-state index contributed by atoms with van der Waals surface area (Å²) >= 11 is 0. The van der Waals surface area contributed by atoms with Crippen LogP contribution in [0.2, 0.25) is 0 Å². The van der Waals surface area contributed by atoms with E-state index in [4.69, 9.17) is 9.47 Å². The van der Waals surface area contributed by atoms with Gasteiger partial charge in [0, 0.05) is 13.7 Å². The molecule has 84 valence electrons. The van der Waals surface area contributed by atoms with E-state index in [9.17, 15) is 0 Å². The zero-order chi connectivity index (χ0) is 10.2. The van der Waals surface area contributed by atoms with Crippen LogP contribution < -0.4 is 0 Å². The molecule has 14 heavy (non-hydrogen) atoms. The van der Waals surface area contributed by atoms with E-state index in [1.165, 1.54) is 32.5 Å². The number of methoxy groups -OCH3 is 1. The van der Waals surface area contributed by atoms with Gasteiger partial charge in [-0.1, -0.05) is 6.92 Å². The number of rotatable bonds is 6. The van der Waals surface area contributed by atoms with E-state index in [1.807, 2.05) is 0 Å². The minimum Gasteiger partial charge on any atom is -0.382 e. The van der Waals surface area contributed by atoms with Crippen LogP contribution in [0.1, 0.15) is 19.8 Å². The third-order valence-corrected chi connectivity index (χ3v) is 2.84. The van der Waals surface area contributed by atoms with Gasteiger partial charge >= 0.3 is 0 Å². The second-order valence-electron chi connectivity index (χ2n) is 3.97. The minimum absolute atomic E-state index is 0.713. The van der Waals surface area contributed by atoms with Crippen LogP contribution in [0, 0.1) is 5.92 Å².